The average Bonchev–Trinajstić information content (AvgIpc) is 2.15. The summed E-state index contributed by atoms with van der Waals surface area (Å²) in [4.78, 5) is 21.2. The number of carboxylic acids is 1. The van der Waals surface area contributed by atoms with Crippen LogP contribution in [-0.4, -0.2) is 23.0 Å². The molecule has 0 amide bonds. The van der Waals surface area contributed by atoms with E-state index in [1.807, 2.05) is 0 Å². The summed E-state index contributed by atoms with van der Waals surface area (Å²) in [7, 11) is 0. The highest BCUT2D eigenvalue weighted by molar-refractivity contribution is 5.75. The van der Waals surface area contributed by atoms with Crippen molar-refractivity contribution in [2.24, 2.45) is 0 Å². The highest BCUT2D eigenvalue weighted by atomic mass is 19.3. The summed E-state index contributed by atoms with van der Waals surface area (Å²) in [5.74, 6) is -6.29. The highest BCUT2D eigenvalue weighted by Gasteiger charge is 2.36. The van der Waals surface area contributed by atoms with E-state index < -0.39 is 30.7 Å². The van der Waals surface area contributed by atoms with Crippen LogP contribution in [0.3, 0.4) is 0 Å². The van der Waals surface area contributed by atoms with Crippen LogP contribution in [0, 0.1) is 0 Å². The summed E-state index contributed by atoms with van der Waals surface area (Å²) in [6.07, 6.45) is -2.65. The van der Waals surface area contributed by atoms with Crippen LogP contribution in [0.1, 0.15) is 12.8 Å². The van der Waals surface area contributed by atoms with Gasteiger partial charge in [-0.3, -0.25) is 9.59 Å². The molecule has 0 saturated carbocycles. The Morgan fingerprint density at radius 3 is 2.29 bits per heavy atom. The zero-order chi connectivity index (χ0) is 12.9. The maximum absolute atomic E-state index is 12.9. The summed E-state index contributed by atoms with van der Waals surface area (Å²) >= 11 is 0. The molecule has 1 aromatic rings. The molecule has 1 aromatic carbocycles. The van der Waals surface area contributed by atoms with Crippen LogP contribution in [-0.2, 0) is 9.59 Å². The first-order valence-corrected chi connectivity index (χ1v) is 4.74. The van der Waals surface area contributed by atoms with E-state index in [1.54, 1.807) is 18.2 Å². The molecular formula is C11H10F2O4. The Balaban J connectivity index is 2.52. The third-order valence-corrected chi connectivity index (χ3v) is 1.79. The molecule has 0 saturated heterocycles. The Labute approximate surface area is 95.8 Å². The predicted molar refractivity (Wildman–Crippen MR) is 53.9 cm³/mol. The zero-order valence-electron chi connectivity index (χ0n) is 8.73. The number of halogens is 2. The monoisotopic (exact) mass is 244 g/mol. The Bertz CT molecular complexity index is 403. The van der Waals surface area contributed by atoms with Gasteiger partial charge in [0.1, 0.15) is 18.6 Å². The van der Waals surface area contributed by atoms with E-state index in [4.69, 9.17) is 5.11 Å². The number of alkyl halides is 2. The first-order chi connectivity index (χ1) is 7.89. The van der Waals surface area contributed by atoms with E-state index in [2.05, 4.69) is 4.74 Å². The SMILES string of the molecule is O=C(O)CC(F)(F)CC(=O)Oc1ccccc1. The maximum atomic E-state index is 12.9. The van der Waals surface area contributed by atoms with Gasteiger partial charge in [0.05, 0.1) is 0 Å². The van der Waals surface area contributed by atoms with Gasteiger partial charge < -0.3 is 9.84 Å². The van der Waals surface area contributed by atoms with E-state index in [0.29, 0.717) is 0 Å². The van der Waals surface area contributed by atoms with Crippen LogP contribution in [0.5, 0.6) is 5.75 Å². The van der Waals surface area contributed by atoms with Crippen molar-refractivity contribution in [2.75, 3.05) is 0 Å². The Morgan fingerprint density at radius 2 is 1.76 bits per heavy atom. The summed E-state index contributed by atoms with van der Waals surface area (Å²) < 4.78 is 30.5. The molecule has 0 aliphatic rings. The van der Waals surface area contributed by atoms with Crippen molar-refractivity contribution in [1.29, 1.82) is 0 Å². The molecule has 0 bridgehead atoms. The van der Waals surface area contributed by atoms with Crippen molar-refractivity contribution in [3.63, 3.8) is 0 Å². The average molecular weight is 244 g/mol. The molecule has 6 heteroatoms. The minimum absolute atomic E-state index is 0.142. The predicted octanol–water partition coefficient (Wildman–Crippen LogP) is 2.09. The molecule has 0 aromatic heterocycles. The number of hydrogen-bond acceptors (Lipinski definition) is 3. The Kier molecular flexibility index (Phi) is 4.14. The van der Waals surface area contributed by atoms with Gasteiger partial charge in [-0.1, -0.05) is 18.2 Å². The number of ether oxygens (including phenoxy) is 1. The normalized spacial score (nSPS) is 10.9. The topological polar surface area (TPSA) is 63.6 Å². The number of carboxylic acid groups (broad SMARTS) is 1. The lowest BCUT2D eigenvalue weighted by molar-refractivity contribution is -0.150. The lowest BCUT2D eigenvalue weighted by atomic mass is 10.2. The first-order valence-electron chi connectivity index (χ1n) is 4.74. The van der Waals surface area contributed by atoms with Crippen LogP contribution in [0.15, 0.2) is 30.3 Å². The first kappa shape index (κ1) is 13.1. The van der Waals surface area contributed by atoms with Gasteiger partial charge in [-0.25, -0.2) is 8.78 Å². The molecule has 0 aliphatic carbocycles. The molecule has 0 spiro atoms. The van der Waals surface area contributed by atoms with Crippen molar-refractivity contribution < 1.29 is 28.2 Å². The molecule has 4 nitrogen and oxygen atoms in total. The zero-order valence-corrected chi connectivity index (χ0v) is 8.73. The van der Waals surface area contributed by atoms with Gasteiger partial charge in [0.15, 0.2) is 0 Å². The molecule has 1 rings (SSSR count). The molecule has 0 aliphatic heterocycles. The number of carbonyl (C=O) groups excluding carboxylic acids is 1. The van der Waals surface area contributed by atoms with Crippen LogP contribution in [0.2, 0.25) is 0 Å². The minimum atomic E-state index is -3.60. The second-order valence-electron chi connectivity index (χ2n) is 3.39. The number of hydrogen-bond donors (Lipinski definition) is 1. The molecule has 92 valence electrons. The van der Waals surface area contributed by atoms with Crippen molar-refractivity contribution in [3.05, 3.63) is 30.3 Å². The molecule has 0 heterocycles. The molecule has 0 radical (unpaired) electrons. The summed E-state index contributed by atoms with van der Waals surface area (Å²) in [5, 5.41) is 8.22. The van der Waals surface area contributed by atoms with Crippen molar-refractivity contribution >= 4 is 11.9 Å². The van der Waals surface area contributed by atoms with Gasteiger partial charge >= 0.3 is 11.9 Å². The second kappa shape index (κ2) is 5.38. The number of aliphatic carboxylic acids is 1. The van der Waals surface area contributed by atoms with Gasteiger partial charge in [0.2, 0.25) is 0 Å². The number of para-hydroxylation sites is 1. The number of esters is 1. The van der Waals surface area contributed by atoms with Crippen molar-refractivity contribution in [3.8, 4) is 5.75 Å². The van der Waals surface area contributed by atoms with Gasteiger partial charge in [0, 0.05) is 0 Å². The smallest absolute Gasteiger partial charge is 0.317 e. The molecular weight excluding hydrogens is 234 g/mol. The van der Waals surface area contributed by atoms with E-state index in [-0.39, 0.29) is 5.75 Å². The summed E-state index contributed by atoms with van der Waals surface area (Å²) in [6, 6.07) is 7.72. The minimum Gasteiger partial charge on any atom is -0.481 e. The molecule has 17 heavy (non-hydrogen) atoms. The summed E-state index contributed by atoms with van der Waals surface area (Å²) in [6.45, 7) is 0. The number of rotatable bonds is 5. The lowest BCUT2D eigenvalue weighted by Gasteiger charge is -2.12. The van der Waals surface area contributed by atoms with Crippen LogP contribution in [0.25, 0.3) is 0 Å². The molecule has 0 unspecified atom stereocenters. The van der Waals surface area contributed by atoms with E-state index >= 15 is 0 Å². The second-order valence-corrected chi connectivity index (χ2v) is 3.39. The molecule has 1 N–H and O–H groups in total. The third-order valence-electron chi connectivity index (χ3n) is 1.79. The van der Waals surface area contributed by atoms with Gasteiger partial charge in [-0.05, 0) is 12.1 Å². The molecule has 0 fully saturated rings. The fourth-order valence-electron chi connectivity index (χ4n) is 1.15. The van der Waals surface area contributed by atoms with Crippen molar-refractivity contribution in [1.82, 2.24) is 0 Å². The van der Waals surface area contributed by atoms with Crippen LogP contribution in [0.4, 0.5) is 8.78 Å². The fourth-order valence-corrected chi connectivity index (χ4v) is 1.15. The van der Waals surface area contributed by atoms with Gasteiger partial charge in [-0.2, -0.15) is 0 Å². The van der Waals surface area contributed by atoms with Crippen molar-refractivity contribution in [2.45, 2.75) is 18.8 Å². The largest absolute Gasteiger partial charge is 0.481 e. The molecule has 0 atom stereocenters. The Hall–Kier alpha value is -1.98. The van der Waals surface area contributed by atoms with Gasteiger partial charge in [-0.15, -0.1) is 0 Å². The number of benzene rings is 1. The quantitative estimate of drug-likeness (QED) is 0.636. The number of carbonyl (C=O) groups is 2. The van der Waals surface area contributed by atoms with E-state index in [1.165, 1.54) is 12.1 Å². The third kappa shape index (κ3) is 5.05. The van der Waals surface area contributed by atoms with Crippen LogP contribution >= 0.6 is 0 Å². The lowest BCUT2D eigenvalue weighted by Crippen LogP contribution is -2.26. The highest BCUT2D eigenvalue weighted by Crippen LogP contribution is 2.23. The summed E-state index contributed by atoms with van der Waals surface area (Å²) in [5.41, 5.74) is 0. The maximum Gasteiger partial charge on any atom is 0.317 e. The fraction of sp³-hybridized carbons (Fsp3) is 0.273. The van der Waals surface area contributed by atoms with E-state index in [9.17, 15) is 18.4 Å². The van der Waals surface area contributed by atoms with Gasteiger partial charge in [0.25, 0.3) is 5.92 Å². The van der Waals surface area contributed by atoms with Crippen LogP contribution < -0.4 is 4.74 Å². The standard InChI is InChI=1S/C11H10F2O4/c12-11(13,6-9(14)15)7-10(16)17-8-4-2-1-3-5-8/h1-5H,6-7H2,(H,14,15). The van der Waals surface area contributed by atoms with E-state index in [0.717, 1.165) is 0 Å². The Morgan fingerprint density at radius 1 is 1.18 bits per heavy atom.